The first kappa shape index (κ1) is 13.5. The molecule has 0 bridgehead atoms. The molecular formula is C12H20N6O. The van der Waals surface area contributed by atoms with Crippen molar-refractivity contribution in [1.29, 1.82) is 0 Å². The molecule has 3 N–H and O–H groups in total. The van der Waals surface area contributed by atoms with Gasteiger partial charge in [-0.15, -0.1) is 0 Å². The van der Waals surface area contributed by atoms with Crippen molar-refractivity contribution in [2.24, 2.45) is 10.9 Å². The number of anilines is 1. The SMILES string of the molecule is CCN1CCN(c2nccc(/C(N)=N/O)n2)CC1C. The lowest BCUT2D eigenvalue weighted by Gasteiger charge is -2.39. The molecular weight excluding hydrogens is 244 g/mol. The van der Waals surface area contributed by atoms with Crippen LogP contribution in [0, 0.1) is 0 Å². The molecule has 0 aromatic carbocycles. The van der Waals surface area contributed by atoms with Crippen LogP contribution in [-0.2, 0) is 0 Å². The van der Waals surface area contributed by atoms with Crippen molar-refractivity contribution in [3.05, 3.63) is 18.0 Å². The zero-order chi connectivity index (χ0) is 13.8. The molecule has 1 aliphatic rings. The Morgan fingerprint density at radius 2 is 2.37 bits per heavy atom. The lowest BCUT2D eigenvalue weighted by atomic mass is 10.2. The summed E-state index contributed by atoms with van der Waals surface area (Å²) in [5, 5.41) is 11.6. The quantitative estimate of drug-likeness (QED) is 0.348. The van der Waals surface area contributed by atoms with Gasteiger partial charge in [0.1, 0.15) is 5.69 Å². The lowest BCUT2D eigenvalue weighted by Crippen LogP contribution is -2.52. The molecule has 0 amide bonds. The molecule has 2 heterocycles. The molecule has 0 spiro atoms. The number of oxime groups is 1. The highest BCUT2D eigenvalue weighted by atomic mass is 16.4. The Hall–Kier alpha value is -1.89. The van der Waals surface area contributed by atoms with Gasteiger partial charge in [-0.05, 0) is 19.5 Å². The maximum atomic E-state index is 8.68. The van der Waals surface area contributed by atoms with Gasteiger partial charge in [-0.1, -0.05) is 12.1 Å². The largest absolute Gasteiger partial charge is 0.409 e. The number of amidine groups is 1. The van der Waals surface area contributed by atoms with Crippen LogP contribution in [0.1, 0.15) is 19.5 Å². The van der Waals surface area contributed by atoms with E-state index in [1.807, 2.05) is 0 Å². The van der Waals surface area contributed by atoms with Gasteiger partial charge in [0.05, 0.1) is 0 Å². The van der Waals surface area contributed by atoms with Gasteiger partial charge in [-0.25, -0.2) is 9.97 Å². The molecule has 0 aliphatic carbocycles. The molecule has 7 heteroatoms. The summed E-state index contributed by atoms with van der Waals surface area (Å²) < 4.78 is 0. The monoisotopic (exact) mass is 264 g/mol. The van der Waals surface area contributed by atoms with Crippen LogP contribution in [0.15, 0.2) is 17.4 Å². The molecule has 1 aromatic rings. The second-order valence-electron chi connectivity index (χ2n) is 4.65. The third kappa shape index (κ3) is 2.93. The first-order valence-electron chi connectivity index (χ1n) is 6.45. The molecule has 19 heavy (non-hydrogen) atoms. The summed E-state index contributed by atoms with van der Waals surface area (Å²) in [5.74, 6) is 0.635. The molecule has 1 fully saturated rings. The highest BCUT2D eigenvalue weighted by molar-refractivity contribution is 5.95. The second kappa shape index (κ2) is 5.83. The van der Waals surface area contributed by atoms with Crippen LogP contribution < -0.4 is 10.6 Å². The molecule has 1 atom stereocenters. The number of hydrogen-bond donors (Lipinski definition) is 2. The normalized spacial score (nSPS) is 21.7. The van der Waals surface area contributed by atoms with Crippen LogP contribution in [0.25, 0.3) is 0 Å². The number of nitrogens with zero attached hydrogens (tertiary/aromatic N) is 5. The minimum atomic E-state index is 0.00360. The maximum Gasteiger partial charge on any atom is 0.226 e. The first-order chi connectivity index (χ1) is 9.15. The molecule has 2 rings (SSSR count). The zero-order valence-electron chi connectivity index (χ0n) is 11.3. The summed E-state index contributed by atoms with van der Waals surface area (Å²) in [7, 11) is 0. The summed E-state index contributed by atoms with van der Waals surface area (Å²) in [6.07, 6.45) is 1.63. The third-order valence-corrected chi connectivity index (χ3v) is 3.47. The Morgan fingerprint density at radius 3 is 3.00 bits per heavy atom. The van der Waals surface area contributed by atoms with Crippen molar-refractivity contribution < 1.29 is 5.21 Å². The predicted octanol–water partition coefficient (Wildman–Crippen LogP) is 0.102. The molecule has 1 aromatic heterocycles. The fraction of sp³-hybridized carbons (Fsp3) is 0.583. The summed E-state index contributed by atoms with van der Waals surface area (Å²) in [4.78, 5) is 13.2. The van der Waals surface area contributed by atoms with E-state index in [2.05, 4.69) is 38.8 Å². The first-order valence-corrected chi connectivity index (χ1v) is 6.45. The van der Waals surface area contributed by atoms with E-state index in [1.165, 1.54) is 0 Å². The summed E-state index contributed by atoms with van der Waals surface area (Å²) in [6.45, 7) is 8.19. The Balaban J connectivity index is 2.15. The minimum Gasteiger partial charge on any atom is -0.409 e. The second-order valence-corrected chi connectivity index (χ2v) is 4.65. The number of rotatable bonds is 3. The van der Waals surface area contributed by atoms with Crippen molar-refractivity contribution in [1.82, 2.24) is 14.9 Å². The molecule has 1 unspecified atom stereocenters. The van der Waals surface area contributed by atoms with Crippen LogP contribution in [0.4, 0.5) is 5.95 Å². The van der Waals surface area contributed by atoms with Gasteiger partial charge >= 0.3 is 0 Å². The van der Waals surface area contributed by atoms with Gasteiger partial charge in [-0.2, -0.15) is 0 Å². The Kier molecular flexibility index (Phi) is 4.16. The highest BCUT2D eigenvalue weighted by Gasteiger charge is 2.24. The van der Waals surface area contributed by atoms with Crippen molar-refractivity contribution in [2.45, 2.75) is 19.9 Å². The average molecular weight is 264 g/mol. The van der Waals surface area contributed by atoms with E-state index in [0.29, 0.717) is 17.7 Å². The van der Waals surface area contributed by atoms with E-state index in [9.17, 15) is 0 Å². The molecule has 0 radical (unpaired) electrons. The van der Waals surface area contributed by atoms with Crippen molar-refractivity contribution >= 4 is 11.8 Å². The van der Waals surface area contributed by atoms with Gasteiger partial charge in [0.2, 0.25) is 5.95 Å². The summed E-state index contributed by atoms with van der Waals surface area (Å²) in [5.41, 5.74) is 5.99. The minimum absolute atomic E-state index is 0.00360. The van der Waals surface area contributed by atoms with E-state index in [1.54, 1.807) is 12.3 Å². The van der Waals surface area contributed by atoms with Crippen LogP contribution in [-0.4, -0.2) is 58.1 Å². The molecule has 7 nitrogen and oxygen atoms in total. The number of likely N-dealkylation sites (N-methyl/N-ethyl adjacent to an activating group) is 1. The van der Waals surface area contributed by atoms with Gasteiger partial charge in [0, 0.05) is 31.9 Å². The topological polar surface area (TPSA) is 90.9 Å². The number of piperazine rings is 1. The van der Waals surface area contributed by atoms with Crippen LogP contribution in [0.2, 0.25) is 0 Å². The maximum absolute atomic E-state index is 8.68. The Morgan fingerprint density at radius 1 is 1.58 bits per heavy atom. The molecule has 0 saturated carbocycles. The standard InChI is InChI=1S/C12H20N6O/c1-3-17-6-7-18(8-9(17)2)12-14-5-4-10(15-12)11(13)16-19/h4-5,9,19H,3,6-8H2,1-2H3,(H2,13,16). The fourth-order valence-corrected chi connectivity index (χ4v) is 2.34. The average Bonchev–Trinajstić information content (AvgIpc) is 2.46. The molecule has 1 saturated heterocycles. The Labute approximate surface area is 112 Å². The van der Waals surface area contributed by atoms with Crippen LogP contribution >= 0.6 is 0 Å². The van der Waals surface area contributed by atoms with Crippen LogP contribution in [0.3, 0.4) is 0 Å². The highest BCUT2D eigenvalue weighted by Crippen LogP contribution is 2.14. The zero-order valence-corrected chi connectivity index (χ0v) is 11.3. The smallest absolute Gasteiger partial charge is 0.226 e. The Bertz CT molecular complexity index is 463. The third-order valence-electron chi connectivity index (χ3n) is 3.47. The molecule has 1 aliphatic heterocycles. The van der Waals surface area contributed by atoms with Crippen LogP contribution in [0.5, 0.6) is 0 Å². The van der Waals surface area contributed by atoms with Gasteiger partial charge in [-0.3, -0.25) is 4.90 Å². The number of aromatic nitrogens is 2. The predicted molar refractivity (Wildman–Crippen MR) is 73.5 cm³/mol. The number of hydrogen-bond acceptors (Lipinski definition) is 6. The summed E-state index contributed by atoms with van der Waals surface area (Å²) >= 11 is 0. The summed E-state index contributed by atoms with van der Waals surface area (Å²) in [6, 6.07) is 2.10. The van der Waals surface area contributed by atoms with E-state index in [-0.39, 0.29) is 5.84 Å². The van der Waals surface area contributed by atoms with Crippen molar-refractivity contribution in [2.75, 3.05) is 31.1 Å². The van der Waals surface area contributed by atoms with Gasteiger partial charge < -0.3 is 15.8 Å². The fourth-order valence-electron chi connectivity index (χ4n) is 2.34. The number of nitrogens with two attached hydrogens (primary N) is 1. The van der Waals surface area contributed by atoms with Crippen molar-refractivity contribution in [3.8, 4) is 0 Å². The van der Waals surface area contributed by atoms with Gasteiger partial charge in [0.15, 0.2) is 5.84 Å². The van der Waals surface area contributed by atoms with Gasteiger partial charge in [0.25, 0.3) is 0 Å². The van der Waals surface area contributed by atoms with E-state index in [0.717, 1.165) is 26.2 Å². The molecule has 104 valence electrons. The van der Waals surface area contributed by atoms with E-state index < -0.39 is 0 Å². The van der Waals surface area contributed by atoms with Crippen molar-refractivity contribution in [3.63, 3.8) is 0 Å². The van der Waals surface area contributed by atoms with E-state index in [4.69, 9.17) is 10.9 Å². The van der Waals surface area contributed by atoms with E-state index >= 15 is 0 Å². The lowest BCUT2D eigenvalue weighted by molar-refractivity contribution is 0.198.